The van der Waals surface area contributed by atoms with Gasteiger partial charge in [0.1, 0.15) is 0 Å². The van der Waals surface area contributed by atoms with Gasteiger partial charge in [-0.1, -0.05) is 0 Å². The Labute approximate surface area is 115 Å². The first kappa shape index (κ1) is 14.0. The molecule has 2 heterocycles. The van der Waals surface area contributed by atoms with Gasteiger partial charge in [-0.25, -0.2) is 0 Å². The summed E-state index contributed by atoms with van der Waals surface area (Å²) < 4.78 is 6.65. The van der Waals surface area contributed by atoms with E-state index in [0.717, 1.165) is 0 Å². The smallest absolute Gasteiger partial charge is 0.258 e. The summed E-state index contributed by atoms with van der Waals surface area (Å²) >= 11 is 0. The number of anilines is 2. The van der Waals surface area contributed by atoms with Crippen molar-refractivity contribution in [3.05, 3.63) is 36.4 Å². The number of aromatic nitrogens is 3. The van der Waals surface area contributed by atoms with E-state index in [0.29, 0.717) is 30.1 Å². The fraction of sp³-hybridized carbons (Fsp3) is 0.250. The highest BCUT2D eigenvalue weighted by Gasteiger charge is 2.11. The van der Waals surface area contributed by atoms with Gasteiger partial charge < -0.3 is 15.5 Å². The van der Waals surface area contributed by atoms with E-state index >= 15 is 0 Å². The molecule has 2 aromatic rings. The monoisotopic (exact) mass is 276 g/mol. The minimum absolute atomic E-state index is 0.286. The first-order valence-electron chi connectivity index (χ1n) is 5.98. The summed E-state index contributed by atoms with van der Waals surface area (Å²) in [7, 11) is 1.62. The van der Waals surface area contributed by atoms with Gasteiger partial charge in [-0.2, -0.15) is 5.10 Å². The third-order valence-electron chi connectivity index (χ3n) is 2.64. The molecule has 0 aliphatic carbocycles. The van der Waals surface area contributed by atoms with Gasteiger partial charge in [0.25, 0.3) is 5.91 Å². The standard InChI is InChI=1S/C12H16N6O2/c1-20-5-4-18-8-9(6-15-18)16-12(19)10-2-3-14-7-11(10)17-13/h2-3,6-8,17H,4-5,13H2,1H3,(H,16,19). The molecule has 0 saturated heterocycles. The van der Waals surface area contributed by atoms with E-state index in [-0.39, 0.29) is 5.91 Å². The molecule has 0 aliphatic rings. The maximum Gasteiger partial charge on any atom is 0.258 e. The highest BCUT2D eigenvalue weighted by atomic mass is 16.5. The van der Waals surface area contributed by atoms with Crippen LogP contribution in [0.25, 0.3) is 0 Å². The SMILES string of the molecule is COCCn1cc(NC(=O)c2ccncc2NN)cn1. The van der Waals surface area contributed by atoms with Crippen molar-refractivity contribution in [2.24, 2.45) is 5.84 Å². The van der Waals surface area contributed by atoms with E-state index in [2.05, 4.69) is 20.8 Å². The summed E-state index contributed by atoms with van der Waals surface area (Å²) in [4.78, 5) is 16.0. The third kappa shape index (κ3) is 3.31. The second kappa shape index (κ2) is 6.64. The number of methoxy groups -OCH3 is 1. The zero-order valence-corrected chi connectivity index (χ0v) is 11.0. The average Bonchev–Trinajstić information content (AvgIpc) is 2.92. The third-order valence-corrected chi connectivity index (χ3v) is 2.64. The van der Waals surface area contributed by atoms with Crippen molar-refractivity contribution < 1.29 is 9.53 Å². The molecule has 0 fully saturated rings. The zero-order chi connectivity index (χ0) is 14.4. The number of carbonyl (C=O) groups excluding carboxylic acids is 1. The van der Waals surface area contributed by atoms with Crippen LogP contribution in [0.5, 0.6) is 0 Å². The second-order valence-electron chi connectivity index (χ2n) is 4.00. The molecule has 0 aromatic carbocycles. The molecule has 8 nitrogen and oxygen atoms in total. The first-order chi connectivity index (χ1) is 9.74. The molecule has 4 N–H and O–H groups in total. The van der Waals surface area contributed by atoms with E-state index in [1.54, 1.807) is 30.3 Å². The quantitative estimate of drug-likeness (QED) is 0.522. The van der Waals surface area contributed by atoms with Gasteiger partial charge in [0, 0.05) is 19.5 Å². The van der Waals surface area contributed by atoms with Crippen LogP contribution in [0.15, 0.2) is 30.9 Å². The number of nitrogens with two attached hydrogens (primary N) is 1. The van der Waals surface area contributed by atoms with Crippen LogP contribution in [0.3, 0.4) is 0 Å². The van der Waals surface area contributed by atoms with Gasteiger partial charge in [0.15, 0.2) is 0 Å². The maximum absolute atomic E-state index is 12.1. The lowest BCUT2D eigenvalue weighted by molar-refractivity contribution is 0.102. The van der Waals surface area contributed by atoms with Gasteiger partial charge in [-0.05, 0) is 6.07 Å². The van der Waals surface area contributed by atoms with E-state index < -0.39 is 0 Å². The molecule has 106 valence electrons. The van der Waals surface area contributed by atoms with Crippen LogP contribution in [0.4, 0.5) is 11.4 Å². The average molecular weight is 276 g/mol. The van der Waals surface area contributed by atoms with Gasteiger partial charge >= 0.3 is 0 Å². The Morgan fingerprint density at radius 1 is 1.50 bits per heavy atom. The number of nitrogens with one attached hydrogen (secondary N) is 2. The minimum Gasteiger partial charge on any atom is -0.383 e. The van der Waals surface area contributed by atoms with E-state index in [1.807, 2.05) is 0 Å². The van der Waals surface area contributed by atoms with E-state index in [1.165, 1.54) is 12.4 Å². The molecule has 0 aliphatic heterocycles. The highest BCUT2D eigenvalue weighted by molar-refractivity contribution is 6.07. The largest absolute Gasteiger partial charge is 0.383 e. The number of nitrogens with zero attached hydrogens (tertiary/aromatic N) is 3. The number of carbonyl (C=O) groups is 1. The van der Waals surface area contributed by atoms with Crippen LogP contribution in [0.1, 0.15) is 10.4 Å². The molecule has 0 radical (unpaired) electrons. The van der Waals surface area contributed by atoms with Crippen molar-refractivity contribution in [2.75, 3.05) is 24.5 Å². The van der Waals surface area contributed by atoms with Gasteiger partial charge in [-0.15, -0.1) is 0 Å². The van der Waals surface area contributed by atoms with Gasteiger partial charge in [0.05, 0.1) is 42.5 Å². The maximum atomic E-state index is 12.1. The number of rotatable bonds is 6. The number of hydrogen-bond acceptors (Lipinski definition) is 6. The fourth-order valence-corrected chi connectivity index (χ4v) is 1.64. The van der Waals surface area contributed by atoms with Crippen LogP contribution < -0.4 is 16.6 Å². The molecular formula is C12H16N6O2. The molecule has 0 spiro atoms. The normalized spacial score (nSPS) is 10.3. The Kier molecular flexibility index (Phi) is 4.64. The van der Waals surface area contributed by atoms with E-state index in [4.69, 9.17) is 10.6 Å². The van der Waals surface area contributed by atoms with Crippen LogP contribution in [-0.4, -0.2) is 34.4 Å². The predicted octanol–water partition coefficient (Wildman–Crippen LogP) is 0.462. The molecule has 0 unspecified atom stereocenters. The first-order valence-corrected chi connectivity index (χ1v) is 5.98. The van der Waals surface area contributed by atoms with Crippen molar-refractivity contribution >= 4 is 17.3 Å². The molecule has 2 aromatic heterocycles. The number of pyridine rings is 1. The van der Waals surface area contributed by atoms with Gasteiger partial charge in [-0.3, -0.25) is 20.3 Å². The Bertz CT molecular complexity index is 583. The summed E-state index contributed by atoms with van der Waals surface area (Å²) in [6.07, 6.45) is 6.31. The lowest BCUT2D eigenvalue weighted by Crippen LogP contribution is -2.17. The zero-order valence-electron chi connectivity index (χ0n) is 11.0. The number of ether oxygens (including phenoxy) is 1. The van der Waals surface area contributed by atoms with E-state index in [9.17, 15) is 4.79 Å². The summed E-state index contributed by atoms with van der Waals surface area (Å²) in [5.41, 5.74) is 3.90. The van der Waals surface area contributed by atoms with Crippen molar-refractivity contribution in [1.82, 2.24) is 14.8 Å². The lowest BCUT2D eigenvalue weighted by atomic mass is 10.2. The Morgan fingerprint density at radius 2 is 2.35 bits per heavy atom. The molecule has 0 bridgehead atoms. The minimum atomic E-state index is -0.286. The van der Waals surface area contributed by atoms with Gasteiger partial charge in [0.2, 0.25) is 0 Å². The summed E-state index contributed by atoms with van der Waals surface area (Å²) in [6, 6.07) is 1.58. The summed E-state index contributed by atoms with van der Waals surface area (Å²) in [6.45, 7) is 1.18. The van der Waals surface area contributed by atoms with Crippen molar-refractivity contribution in [3.63, 3.8) is 0 Å². The highest BCUT2D eigenvalue weighted by Crippen LogP contribution is 2.14. The van der Waals surface area contributed by atoms with Crippen molar-refractivity contribution in [3.8, 4) is 0 Å². The molecule has 1 amide bonds. The topological polar surface area (TPSA) is 107 Å². The molecule has 8 heteroatoms. The summed E-state index contributed by atoms with van der Waals surface area (Å²) in [5, 5.41) is 6.86. The molecule has 20 heavy (non-hydrogen) atoms. The molecular weight excluding hydrogens is 260 g/mol. The van der Waals surface area contributed by atoms with Crippen LogP contribution in [0, 0.1) is 0 Å². The Morgan fingerprint density at radius 3 is 3.10 bits per heavy atom. The molecule has 2 rings (SSSR count). The van der Waals surface area contributed by atoms with Crippen LogP contribution in [0.2, 0.25) is 0 Å². The number of nitrogen functional groups attached to an aromatic ring is 1. The second-order valence-corrected chi connectivity index (χ2v) is 4.00. The predicted molar refractivity (Wildman–Crippen MR) is 74.1 cm³/mol. The van der Waals surface area contributed by atoms with Crippen molar-refractivity contribution in [2.45, 2.75) is 6.54 Å². The summed E-state index contributed by atoms with van der Waals surface area (Å²) in [5.74, 6) is 5.05. The lowest BCUT2D eigenvalue weighted by Gasteiger charge is -2.07. The Hall–Kier alpha value is -2.45. The molecule has 0 atom stereocenters. The van der Waals surface area contributed by atoms with Crippen LogP contribution >= 0.6 is 0 Å². The fourth-order valence-electron chi connectivity index (χ4n) is 1.64. The Balaban J connectivity index is 2.05. The number of amides is 1. The van der Waals surface area contributed by atoms with Crippen molar-refractivity contribution in [1.29, 1.82) is 0 Å². The van der Waals surface area contributed by atoms with Crippen LogP contribution in [-0.2, 0) is 11.3 Å². The number of hydrogen-bond donors (Lipinski definition) is 3. The molecule has 0 saturated carbocycles. The number of hydrazine groups is 1.